The smallest absolute Gasteiger partial charge is 0.416 e. The van der Waals surface area contributed by atoms with Gasteiger partial charge in [-0.1, -0.05) is 44.2 Å². The number of hydrogen-bond acceptors (Lipinski definition) is 3. The van der Waals surface area contributed by atoms with Crippen LogP contribution < -0.4 is 4.74 Å². The Labute approximate surface area is 196 Å². The largest absolute Gasteiger partial charge is 0.497 e. The van der Waals surface area contributed by atoms with Gasteiger partial charge in [0, 0.05) is 11.3 Å². The summed E-state index contributed by atoms with van der Waals surface area (Å²) in [5.74, 6) is 0.776. The topological polar surface area (TPSA) is 31.4 Å². The van der Waals surface area contributed by atoms with E-state index >= 15 is 4.39 Å². The summed E-state index contributed by atoms with van der Waals surface area (Å²) in [4.78, 5) is 4.59. The van der Waals surface area contributed by atoms with Crippen molar-refractivity contribution in [1.29, 1.82) is 0 Å². The highest BCUT2D eigenvalue weighted by Crippen LogP contribution is 2.43. The van der Waals surface area contributed by atoms with E-state index < -0.39 is 17.9 Å². The predicted octanol–water partition coefficient (Wildman–Crippen LogP) is 7.40. The van der Waals surface area contributed by atoms with Crippen LogP contribution in [0.25, 0.3) is 0 Å². The summed E-state index contributed by atoms with van der Waals surface area (Å²) < 4.78 is 65.1. The van der Waals surface area contributed by atoms with E-state index in [1.165, 1.54) is 12.1 Å². The average Bonchev–Trinajstić information content (AvgIpc) is 2.81. The van der Waals surface area contributed by atoms with Gasteiger partial charge >= 0.3 is 6.18 Å². The van der Waals surface area contributed by atoms with Crippen LogP contribution in [0, 0.1) is 5.41 Å². The molecule has 3 aromatic rings. The molecule has 4 rings (SSSR count). The first kappa shape index (κ1) is 24.2. The molecule has 180 valence electrons. The molecule has 7 heteroatoms. The third-order valence-corrected chi connectivity index (χ3v) is 6.16. The summed E-state index contributed by atoms with van der Waals surface area (Å²) in [6.45, 7) is 4.66. The number of halogens is 4. The van der Waals surface area contributed by atoms with Crippen molar-refractivity contribution in [2.75, 3.05) is 7.11 Å². The number of hydrogen-bond donors (Lipinski definition) is 0. The highest BCUT2D eigenvalue weighted by atomic mass is 19.4. The normalized spacial score (nSPS) is 18.3. The quantitative estimate of drug-likeness (QED) is 0.350. The third kappa shape index (κ3) is 5.41. The molecule has 34 heavy (non-hydrogen) atoms. The molecule has 0 saturated carbocycles. The van der Waals surface area contributed by atoms with Gasteiger partial charge in [0.2, 0.25) is 0 Å². The van der Waals surface area contributed by atoms with Crippen LogP contribution in [0.1, 0.15) is 66.2 Å². The van der Waals surface area contributed by atoms with Gasteiger partial charge in [-0.15, -0.1) is 0 Å². The van der Waals surface area contributed by atoms with Crippen LogP contribution in [0.3, 0.4) is 0 Å². The van der Waals surface area contributed by atoms with Crippen molar-refractivity contribution in [2.24, 2.45) is 5.41 Å². The number of methoxy groups -OCH3 is 1. The fourth-order valence-electron chi connectivity index (χ4n) is 4.32. The molecule has 0 saturated heterocycles. The lowest BCUT2D eigenvalue weighted by Crippen LogP contribution is -2.28. The second-order valence-electron chi connectivity index (χ2n) is 9.45. The second-order valence-corrected chi connectivity index (χ2v) is 9.45. The summed E-state index contributed by atoms with van der Waals surface area (Å²) in [5, 5.41) is 0. The van der Waals surface area contributed by atoms with Crippen LogP contribution in [0.15, 0.2) is 60.7 Å². The predicted molar refractivity (Wildman–Crippen MR) is 121 cm³/mol. The first-order valence-corrected chi connectivity index (χ1v) is 11.1. The molecular formula is C27H27F4NO2. The molecule has 0 bridgehead atoms. The van der Waals surface area contributed by atoms with Gasteiger partial charge in [0.15, 0.2) is 6.17 Å². The molecular weight excluding hydrogens is 446 g/mol. The molecule has 2 atom stereocenters. The molecule has 0 aliphatic heterocycles. The maximum Gasteiger partial charge on any atom is 0.416 e. The SMILES string of the molecule is COc1ccc(COC2CC(C)(C)Cc3nc(C(F)c4ccc(C(F)(F)F)cc4)ccc32)cc1. The highest BCUT2D eigenvalue weighted by molar-refractivity contribution is 5.35. The molecule has 0 fully saturated rings. The molecule has 1 aliphatic carbocycles. The lowest BCUT2D eigenvalue weighted by Gasteiger charge is -2.36. The number of pyridine rings is 1. The zero-order valence-electron chi connectivity index (χ0n) is 19.3. The third-order valence-electron chi connectivity index (χ3n) is 6.16. The van der Waals surface area contributed by atoms with Crippen molar-refractivity contribution >= 4 is 0 Å². The Hall–Kier alpha value is -2.93. The van der Waals surface area contributed by atoms with Gasteiger partial charge in [-0.3, -0.25) is 4.98 Å². The van der Waals surface area contributed by atoms with E-state index in [2.05, 4.69) is 18.8 Å². The van der Waals surface area contributed by atoms with Crippen LogP contribution in [0.4, 0.5) is 17.6 Å². The van der Waals surface area contributed by atoms with Crippen LogP contribution in [-0.4, -0.2) is 12.1 Å². The Balaban J connectivity index is 1.54. The van der Waals surface area contributed by atoms with Gasteiger partial charge in [0.05, 0.1) is 31.1 Å². The molecule has 2 aromatic carbocycles. The molecule has 0 N–H and O–H groups in total. The van der Waals surface area contributed by atoms with Gasteiger partial charge in [-0.25, -0.2) is 4.39 Å². The molecule has 1 heterocycles. The van der Waals surface area contributed by atoms with Crippen molar-refractivity contribution in [3.8, 4) is 5.75 Å². The lowest BCUT2D eigenvalue weighted by molar-refractivity contribution is -0.137. The van der Waals surface area contributed by atoms with Gasteiger partial charge in [0.25, 0.3) is 0 Å². The Morgan fingerprint density at radius 2 is 1.68 bits per heavy atom. The summed E-state index contributed by atoms with van der Waals surface area (Å²) in [6.07, 6.45) is -4.79. The summed E-state index contributed by atoms with van der Waals surface area (Å²) in [6, 6.07) is 15.2. The minimum Gasteiger partial charge on any atom is -0.497 e. The first-order valence-electron chi connectivity index (χ1n) is 11.1. The van der Waals surface area contributed by atoms with E-state index in [4.69, 9.17) is 9.47 Å². The summed E-state index contributed by atoms with van der Waals surface area (Å²) >= 11 is 0. The van der Waals surface area contributed by atoms with Crippen LogP contribution in [0.2, 0.25) is 0 Å². The van der Waals surface area contributed by atoms with Crippen molar-refractivity contribution in [1.82, 2.24) is 4.98 Å². The van der Waals surface area contributed by atoms with Gasteiger partial charge < -0.3 is 9.47 Å². The molecule has 1 aliphatic rings. The maximum atomic E-state index is 15.2. The number of aromatic nitrogens is 1. The minimum atomic E-state index is -4.46. The Bertz CT molecular complexity index is 1120. The summed E-state index contributed by atoms with van der Waals surface area (Å²) in [5.41, 5.74) is 2.14. The highest BCUT2D eigenvalue weighted by Gasteiger charge is 2.35. The molecule has 0 spiro atoms. The molecule has 0 amide bonds. The fourth-order valence-corrected chi connectivity index (χ4v) is 4.32. The molecule has 2 unspecified atom stereocenters. The summed E-state index contributed by atoms with van der Waals surface area (Å²) in [7, 11) is 1.62. The van der Waals surface area contributed by atoms with E-state index in [0.717, 1.165) is 41.1 Å². The molecule has 3 nitrogen and oxygen atoms in total. The Kier molecular flexibility index (Phi) is 6.67. The Morgan fingerprint density at radius 1 is 1.00 bits per heavy atom. The van der Waals surface area contributed by atoms with Gasteiger partial charge in [-0.2, -0.15) is 13.2 Å². The number of nitrogens with zero attached hydrogens (tertiary/aromatic N) is 1. The van der Waals surface area contributed by atoms with Crippen LogP contribution >= 0.6 is 0 Å². The van der Waals surface area contributed by atoms with Gasteiger partial charge in [-0.05, 0) is 59.7 Å². The zero-order valence-corrected chi connectivity index (χ0v) is 19.3. The van der Waals surface area contributed by atoms with Crippen molar-refractivity contribution in [3.05, 3.63) is 94.3 Å². The number of alkyl halides is 4. The van der Waals surface area contributed by atoms with Crippen molar-refractivity contribution < 1.29 is 27.0 Å². The fraction of sp³-hybridized carbons (Fsp3) is 0.370. The standard InChI is InChI=1S/C27H27F4NO2/c1-26(2)14-23-21(24(15-26)34-16-17-4-10-20(33-3)11-5-17)12-13-22(32-23)25(28)18-6-8-19(9-7-18)27(29,30)31/h4-13,24-25H,14-16H2,1-3H3. The second kappa shape index (κ2) is 9.37. The van der Waals surface area contributed by atoms with Crippen LogP contribution in [0.5, 0.6) is 5.75 Å². The number of rotatable bonds is 6. The van der Waals surface area contributed by atoms with E-state index in [-0.39, 0.29) is 22.8 Å². The van der Waals surface area contributed by atoms with Gasteiger partial charge in [0.1, 0.15) is 5.75 Å². The van der Waals surface area contributed by atoms with E-state index in [0.29, 0.717) is 13.0 Å². The molecule has 0 radical (unpaired) electrons. The van der Waals surface area contributed by atoms with E-state index in [1.54, 1.807) is 13.2 Å². The monoisotopic (exact) mass is 473 g/mol. The maximum absolute atomic E-state index is 15.2. The van der Waals surface area contributed by atoms with E-state index in [1.807, 2.05) is 30.3 Å². The van der Waals surface area contributed by atoms with E-state index in [9.17, 15) is 13.2 Å². The van der Waals surface area contributed by atoms with Crippen LogP contribution in [-0.2, 0) is 23.9 Å². The first-order chi connectivity index (χ1) is 16.1. The molecule has 1 aromatic heterocycles. The Morgan fingerprint density at radius 3 is 2.29 bits per heavy atom. The lowest BCUT2D eigenvalue weighted by atomic mass is 9.74. The number of ether oxygens (including phenoxy) is 2. The number of benzene rings is 2. The van der Waals surface area contributed by atoms with Crippen molar-refractivity contribution in [3.63, 3.8) is 0 Å². The minimum absolute atomic E-state index is 0.0939. The average molecular weight is 474 g/mol. The number of fused-ring (bicyclic) bond motifs is 1. The van der Waals surface area contributed by atoms with Crippen molar-refractivity contribution in [2.45, 2.75) is 51.7 Å². The zero-order chi connectivity index (χ0) is 24.5.